The van der Waals surface area contributed by atoms with Gasteiger partial charge >= 0.3 is 5.97 Å². The molecule has 0 aliphatic carbocycles. The number of hydrogen-bond acceptors (Lipinski definition) is 6. The fraction of sp³-hybridized carbons (Fsp3) is 0.333. The maximum Gasteiger partial charge on any atom is 0.306 e. The summed E-state index contributed by atoms with van der Waals surface area (Å²) in [7, 11) is 1.42. The van der Waals surface area contributed by atoms with Crippen LogP contribution in [0.15, 0.2) is 29.1 Å². The van der Waals surface area contributed by atoms with Crippen LogP contribution in [0.4, 0.5) is 0 Å². The average Bonchev–Trinajstić information content (AvgIpc) is 2.53. The molecule has 1 unspecified atom stereocenters. The van der Waals surface area contributed by atoms with Gasteiger partial charge < -0.3 is 24.7 Å². The number of esters is 1. The third-order valence-electron chi connectivity index (χ3n) is 3.81. The number of aromatic amines is 1. The predicted molar refractivity (Wildman–Crippen MR) is 91.2 cm³/mol. The van der Waals surface area contributed by atoms with Gasteiger partial charge in [0.15, 0.2) is 11.5 Å². The summed E-state index contributed by atoms with van der Waals surface area (Å²) < 4.78 is 9.98. The van der Waals surface area contributed by atoms with Gasteiger partial charge in [0.25, 0.3) is 5.56 Å². The monoisotopic (exact) mass is 347 g/mol. The van der Waals surface area contributed by atoms with Crippen LogP contribution in [0.2, 0.25) is 0 Å². The molecular formula is C18H21NO6. The highest BCUT2D eigenvalue weighted by Crippen LogP contribution is 2.36. The quantitative estimate of drug-likeness (QED) is 0.691. The summed E-state index contributed by atoms with van der Waals surface area (Å²) in [5.41, 5.74) is 0.528. The fourth-order valence-corrected chi connectivity index (χ4v) is 2.72. The van der Waals surface area contributed by atoms with Gasteiger partial charge in [-0.05, 0) is 37.6 Å². The van der Waals surface area contributed by atoms with E-state index in [0.29, 0.717) is 11.3 Å². The molecule has 2 aromatic rings. The van der Waals surface area contributed by atoms with Crippen molar-refractivity contribution in [3.05, 3.63) is 51.4 Å². The minimum absolute atomic E-state index is 0.0446. The van der Waals surface area contributed by atoms with Gasteiger partial charge in [0.05, 0.1) is 25.7 Å². The largest absolute Gasteiger partial charge is 0.507 e. The number of benzene rings is 1. The number of hydrogen-bond donors (Lipinski definition) is 3. The van der Waals surface area contributed by atoms with E-state index in [0.717, 1.165) is 0 Å². The number of pyridine rings is 1. The second-order valence-corrected chi connectivity index (χ2v) is 5.57. The van der Waals surface area contributed by atoms with Crippen LogP contribution in [0.3, 0.4) is 0 Å². The maximum atomic E-state index is 12.4. The number of carbonyl (C=O) groups excluding carboxylic acids is 1. The van der Waals surface area contributed by atoms with Gasteiger partial charge in [-0.2, -0.15) is 0 Å². The lowest BCUT2D eigenvalue weighted by atomic mass is 9.88. The first-order valence-corrected chi connectivity index (χ1v) is 7.82. The summed E-state index contributed by atoms with van der Waals surface area (Å²) in [4.78, 5) is 27.0. The Labute approximate surface area is 144 Å². The maximum absolute atomic E-state index is 12.4. The van der Waals surface area contributed by atoms with Crippen LogP contribution in [0.25, 0.3) is 0 Å². The van der Waals surface area contributed by atoms with Gasteiger partial charge in [0.2, 0.25) is 0 Å². The van der Waals surface area contributed by atoms with Crippen LogP contribution >= 0.6 is 0 Å². The van der Waals surface area contributed by atoms with Gasteiger partial charge in [-0.1, -0.05) is 6.07 Å². The highest BCUT2D eigenvalue weighted by Gasteiger charge is 2.26. The molecule has 1 heterocycles. The Kier molecular flexibility index (Phi) is 5.69. The first-order chi connectivity index (χ1) is 11.9. The molecule has 2 rings (SSSR count). The van der Waals surface area contributed by atoms with Crippen LogP contribution in [0.5, 0.6) is 17.2 Å². The van der Waals surface area contributed by atoms with Crippen LogP contribution in [0, 0.1) is 6.92 Å². The zero-order valence-corrected chi connectivity index (χ0v) is 14.3. The smallest absolute Gasteiger partial charge is 0.306 e. The van der Waals surface area contributed by atoms with Gasteiger partial charge in [0.1, 0.15) is 5.75 Å². The second-order valence-electron chi connectivity index (χ2n) is 5.57. The molecule has 3 N–H and O–H groups in total. The van der Waals surface area contributed by atoms with Crippen molar-refractivity contribution < 1.29 is 24.5 Å². The van der Waals surface area contributed by atoms with Gasteiger partial charge in [-0.25, -0.2) is 0 Å². The topological polar surface area (TPSA) is 109 Å². The number of nitrogens with one attached hydrogen (secondary N) is 1. The summed E-state index contributed by atoms with van der Waals surface area (Å²) in [6.07, 6.45) is -0.153. The van der Waals surface area contributed by atoms with Crippen molar-refractivity contribution in [3.63, 3.8) is 0 Å². The zero-order valence-electron chi connectivity index (χ0n) is 14.3. The number of aryl methyl sites for hydroxylation is 1. The molecule has 0 aliphatic rings. The van der Waals surface area contributed by atoms with Gasteiger partial charge in [-0.15, -0.1) is 0 Å². The van der Waals surface area contributed by atoms with E-state index in [1.54, 1.807) is 19.9 Å². The molecule has 7 nitrogen and oxygen atoms in total. The number of ether oxygens (including phenoxy) is 2. The Balaban J connectivity index is 2.56. The number of phenols is 1. The summed E-state index contributed by atoms with van der Waals surface area (Å²) in [5.74, 6) is -1.37. The molecule has 0 bridgehead atoms. The van der Waals surface area contributed by atoms with Crippen molar-refractivity contribution >= 4 is 5.97 Å². The number of aromatic hydroxyl groups is 2. The lowest BCUT2D eigenvalue weighted by molar-refractivity contribution is -0.143. The van der Waals surface area contributed by atoms with Crippen molar-refractivity contribution in [1.82, 2.24) is 4.98 Å². The second kappa shape index (κ2) is 7.74. The molecule has 0 spiro atoms. The molecule has 0 fully saturated rings. The minimum Gasteiger partial charge on any atom is -0.507 e. The first-order valence-electron chi connectivity index (χ1n) is 7.82. The van der Waals surface area contributed by atoms with E-state index in [1.807, 2.05) is 0 Å². The lowest BCUT2D eigenvalue weighted by Gasteiger charge is -2.18. The van der Waals surface area contributed by atoms with E-state index in [4.69, 9.17) is 9.47 Å². The Bertz CT molecular complexity index is 827. The van der Waals surface area contributed by atoms with Gasteiger partial charge in [-0.3, -0.25) is 9.59 Å². The van der Waals surface area contributed by atoms with Crippen molar-refractivity contribution in [3.8, 4) is 17.2 Å². The van der Waals surface area contributed by atoms with Crippen molar-refractivity contribution in [1.29, 1.82) is 0 Å². The highest BCUT2D eigenvalue weighted by molar-refractivity contribution is 5.72. The molecule has 1 aromatic carbocycles. The van der Waals surface area contributed by atoms with E-state index in [2.05, 4.69) is 4.98 Å². The van der Waals surface area contributed by atoms with E-state index in [9.17, 15) is 19.8 Å². The SMILES string of the molecule is CCOC(=O)CC(c1ccc(OC)c(O)c1)c1c(O)cc(C)[nH]c1=O. The highest BCUT2D eigenvalue weighted by atomic mass is 16.5. The Hall–Kier alpha value is -2.96. The molecular weight excluding hydrogens is 326 g/mol. The standard InChI is InChI=1S/C18H21NO6/c1-4-25-16(22)9-12(11-5-6-15(24-3)13(20)8-11)17-14(21)7-10(2)19-18(17)23/h5-8,12,20H,4,9H2,1-3H3,(H2,19,21,23). The first kappa shape index (κ1) is 18.4. The molecule has 25 heavy (non-hydrogen) atoms. The number of carbonyl (C=O) groups is 1. The third kappa shape index (κ3) is 4.12. The molecule has 1 aromatic heterocycles. The van der Waals surface area contributed by atoms with E-state index < -0.39 is 17.4 Å². The van der Waals surface area contributed by atoms with Crippen molar-refractivity contribution in [2.45, 2.75) is 26.2 Å². The number of aromatic nitrogens is 1. The fourth-order valence-electron chi connectivity index (χ4n) is 2.72. The average molecular weight is 347 g/mol. The summed E-state index contributed by atoms with van der Waals surface area (Å²) in [6.45, 7) is 3.53. The lowest BCUT2D eigenvalue weighted by Crippen LogP contribution is -2.21. The number of phenolic OH excluding ortho intramolecular Hbond substituents is 1. The number of methoxy groups -OCH3 is 1. The summed E-state index contributed by atoms with van der Waals surface area (Å²) in [6, 6.07) is 5.98. The van der Waals surface area contributed by atoms with Crippen LogP contribution in [0.1, 0.15) is 36.1 Å². The molecule has 1 atom stereocenters. The van der Waals surface area contributed by atoms with Crippen molar-refractivity contribution in [2.24, 2.45) is 0 Å². The van der Waals surface area contributed by atoms with Gasteiger partial charge in [0, 0.05) is 11.6 Å². The molecule has 0 radical (unpaired) electrons. The molecule has 134 valence electrons. The number of H-pyrrole nitrogens is 1. The molecule has 0 saturated carbocycles. The summed E-state index contributed by atoms with van der Waals surface area (Å²) >= 11 is 0. The molecule has 0 saturated heterocycles. The third-order valence-corrected chi connectivity index (χ3v) is 3.81. The van der Waals surface area contributed by atoms with Crippen LogP contribution in [-0.2, 0) is 9.53 Å². The van der Waals surface area contributed by atoms with E-state index in [1.165, 1.54) is 25.3 Å². The Morgan fingerprint density at radius 3 is 2.52 bits per heavy atom. The minimum atomic E-state index is -0.778. The number of rotatable bonds is 6. The van der Waals surface area contributed by atoms with Crippen LogP contribution < -0.4 is 10.3 Å². The molecule has 0 amide bonds. The molecule has 7 heteroatoms. The van der Waals surface area contributed by atoms with E-state index >= 15 is 0 Å². The normalized spacial score (nSPS) is 11.8. The van der Waals surface area contributed by atoms with Crippen molar-refractivity contribution in [2.75, 3.05) is 13.7 Å². The van der Waals surface area contributed by atoms with Crippen LogP contribution in [-0.4, -0.2) is 34.9 Å². The zero-order chi connectivity index (χ0) is 18.6. The summed E-state index contributed by atoms with van der Waals surface area (Å²) in [5, 5.41) is 20.3. The predicted octanol–water partition coefficient (Wildman–Crippen LogP) is 2.19. The molecule has 0 aliphatic heterocycles. The Morgan fingerprint density at radius 2 is 1.96 bits per heavy atom. The Morgan fingerprint density at radius 1 is 1.24 bits per heavy atom. The van der Waals surface area contributed by atoms with E-state index in [-0.39, 0.29) is 35.8 Å².